The first-order valence-electron chi connectivity index (χ1n) is 9.39. The van der Waals surface area contributed by atoms with Gasteiger partial charge in [-0.3, -0.25) is 0 Å². The molecule has 5 aromatic rings. The topological polar surface area (TPSA) is 4.93 Å². The molecule has 1 heterocycles. The average molecular weight is 347 g/mol. The van der Waals surface area contributed by atoms with Crippen molar-refractivity contribution >= 4 is 21.8 Å². The van der Waals surface area contributed by atoms with Crippen molar-refractivity contribution in [1.29, 1.82) is 0 Å². The van der Waals surface area contributed by atoms with Crippen LogP contribution in [0.5, 0.6) is 0 Å². The summed E-state index contributed by atoms with van der Waals surface area (Å²) in [5, 5.41) is 2.59. The maximum Gasteiger partial charge on any atom is 0.0619 e. The molecule has 0 bridgehead atoms. The molecule has 0 saturated carbocycles. The molecule has 5 rings (SSSR count). The lowest BCUT2D eigenvalue weighted by Crippen LogP contribution is -1.95. The Kier molecular flexibility index (Phi) is 3.61. The number of aryl methyl sites for hydroxylation is 2. The molecule has 0 amide bonds. The van der Waals surface area contributed by atoms with Crippen LogP contribution < -0.4 is 0 Å². The van der Waals surface area contributed by atoms with Crippen molar-refractivity contribution in [2.75, 3.05) is 0 Å². The number of fused-ring (bicyclic) bond motifs is 3. The van der Waals surface area contributed by atoms with Gasteiger partial charge in [0.15, 0.2) is 0 Å². The van der Waals surface area contributed by atoms with Crippen LogP contribution in [0, 0.1) is 13.8 Å². The van der Waals surface area contributed by atoms with Crippen LogP contribution in [0.1, 0.15) is 11.1 Å². The molecule has 0 aliphatic rings. The molecule has 4 aromatic carbocycles. The summed E-state index contributed by atoms with van der Waals surface area (Å²) < 4.78 is 2.40. The molecule has 0 aliphatic carbocycles. The van der Waals surface area contributed by atoms with E-state index in [-0.39, 0.29) is 0 Å². The largest absolute Gasteiger partial charge is 0.309 e. The van der Waals surface area contributed by atoms with Crippen LogP contribution in [0.15, 0.2) is 91.0 Å². The molecular formula is C26H21N. The fraction of sp³-hybridized carbons (Fsp3) is 0.0769. The third kappa shape index (κ3) is 2.47. The first-order valence-corrected chi connectivity index (χ1v) is 9.39. The number of aromatic nitrogens is 1. The van der Waals surface area contributed by atoms with Crippen molar-refractivity contribution in [1.82, 2.24) is 4.57 Å². The fourth-order valence-corrected chi connectivity index (χ4v) is 4.01. The summed E-state index contributed by atoms with van der Waals surface area (Å²) in [6, 6.07) is 32.8. The minimum Gasteiger partial charge on any atom is -0.309 e. The van der Waals surface area contributed by atoms with Crippen LogP contribution in [0.3, 0.4) is 0 Å². The van der Waals surface area contributed by atoms with Gasteiger partial charge in [0.25, 0.3) is 0 Å². The van der Waals surface area contributed by atoms with Gasteiger partial charge in [-0.1, -0.05) is 72.8 Å². The Labute approximate surface area is 159 Å². The minimum absolute atomic E-state index is 1.19. The second-order valence-electron chi connectivity index (χ2n) is 7.19. The van der Waals surface area contributed by atoms with Crippen molar-refractivity contribution in [2.24, 2.45) is 0 Å². The number of nitrogens with zero attached hydrogens (tertiary/aromatic N) is 1. The molecule has 27 heavy (non-hydrogen) atoms. The summed E-state index contributed by atoms with van der Waals surface area (Å²) in [7, 11) is 0. The van der Waals surface area contributed by atoms with Crippen LogP contribution in [-0.4, -0.2) is 4.57 Å². The van der Waals surface area contributed by atoms with E-state index in [0.717, 1.165) is 0 Å². The highest BCUT2D eigenvalue weighted by atomic mass is 15.0. The first-order chi connectivity index (χ1) is 13.2. The number of benzene rings is 4. The molecule has 0 aliphatic heterocycles. The van der Waals surface area contributed by atoms with E-state index in [2.05, 4.69) is 109 Å². The molecule has 0 N–H and O–H groups in total. The summed E-state index contributed by atoms with van der Waals surface area (Å²) in [6.07, 6.45) is 0. The lowest BCUT2D eigenvalue weighted by Gasteiger charge is -2.12. The molecule has 0 radical (unpaired) electrons. The Bertz CT molecular complexity index is 1280. The van der Waals surface area contributed by atoms with E-state index in [9.17, 15) is 0 Å². The van der Waals surface area contributed by atoms with Gasteiger partial charge in [0.05, 0.1) is 11.0 Å². The van der Waals surface area contributed by atoms with Gasteiger partial charge in [0.1, 0.15) is 0 Å². The van der Waals surface area contributed by atoms with Crippen LogP contribution in [0.25, 0.3) is 38.6 Å². The van der Waals surface area contributed by atoms with Crippen LogP contribution >= 0.6 is 0 Å². The molecule has 0 fully saturated rings. The zero-order chi connectivity index (χ0) is 18.4. The minimum atomic E-state index is 1.19. The molecule has 1 nitrogen and oxygen atoms in total. The van der Waals surface area contributed by atoms with Gasteiger partial charge in [0, 0.05) is 22.0 Å². The standard InChI is InChI=1S/C26H21N/c1-18-15-16-20(17-19(18)2)22-12-8-13-24-23-11-6-7-14-25(23)27(26(22)24)21-9-4-3-5-10-21/h3-17H,1-2H3. The SMILES string of the molecule is Cc1ccc(-c2cccc3c4ccccc4n(-c4ccccc4)c23)cc1C. The summed E-state index contributed by atoms with van der Waals surface area (Å²) in [6.45, 7) is 4.35. The molecule has 1 heteroatoms. The van der Waals surface area contributed by atoms with Gasteiger partial charge >= 0.3 is 0 Å². The van der Waals surface area contributed by atoms with Gasteiger partial charge in [-0.2, -0.15) is 0 Å². The van der Waals surface area contributed by atoms with Crippen molar-refractivity contribution < 1.29 is 0 Å². The summed E-state index contributed by atoms with van der Waals surface area (Å²) in [4.78, 5) is 0. The smallest absolute Gasteiger partial charge is 0.0619 e. The van der Waals surface area contributed by atoms with Crippen molar-refractivity contribution in [3.05, 3.63) is 102 Å². The summed E-state index contributed by atoms with van der Waals surface area (Å²) >= 11 is 0. The molecular weight excluding hydrogens is 326 g/mol. The third-order valence-corrected chi connectivity index (χ3v) is 5.53. The van der Waals surface area contributed by atoms with Crippen molar-refractivity contribution in [3.8, 4) is 16.8 Å². The van der Waals surface area contributed by atoms with Gasteiger partial charge < -0.3 is 4.57 Å². The molecule has 0 unspecified atom stereocenters. The molecule has 0 saturated heterocycles. The van der Waals surface area contributed by atoms with E-state index in [4.69, 9.17) is 0 Å². The number of hydrogen-bond acceptors (Lipinski definition) is 0. The van der Waals surface area contributed by atoms with Gasteiger partial charge in [-0.15, -0.1) is 0 Å². The molecule has 0 spiro atoms. The number of rotatable bonds is 2. The van der Waals surface area contributed by atoms with E-state index in [0.29, 0.717) is 0 Å². The van der Waals surface area contributed by atoms with E-state index in [1.54, 1.807) is 0 Å². The maximum atomic E-state index is 2.40. The maximum absolute atomic E-state index is 2.40. The van der Waals surface area contributed by atoms with Gasteiger partial charge in [-0.05, 0) is 48.7 Å². The van der Waals surface area contributed by atoms with E-state index in [1.165, 1.54) is 49.7 Å². The second-order valence-corrected chi connectivity index (χ2v) is 7.19. The lowest BCUT2D eigenvalue weighted by atomic mass is 9.98. The third-order valence-electron chi connectivity index (χ3n) is 5.53. The quantitative estimate of drug-likeness (QED) is 0.322. The summed E-state index contributed by atoms with van der Waals surface area (Å²) in [5.74, 6) is 0. The monoisotopic (exact) mass is 347 g/mol. The van der Waals surface area contributed by atoms with Crippen LogP contribution in [0.2, 0.25) is 0 Å². The summed E-state index contributed by atoms with van der Waals surface area (Å²) in [5.41, 5.74) is 8.91. The second kappa shape index (κ2) is 6.14. The normalized spacial score (nSPS) is 11.3. The van der Waals surface area contributed by atoms with Crippen molar-refractivity contribution in [2.45, 2.75) is 13.8 Å². The Hall–Kier alpha value is -3.32. The molecule has 1 aromatic heterocycles. The first kappa shape index (κ1) is 15.9. The average Bonchev–Trinajstić information content (AvgIpc) is 3.05. The predicted octanol–water partition coefficient (Wildman–Crippen LogP) is 7.07. The van der Waals surface area contributed by atoms with E-state index in [1.807, 2.05) is 0 Å². The number of hydrogen-bond donors (Lipinski definition) is 0. The Morgan fingerprint density at radius 1 is 0.593 bits per heavy atom. The van der Waals surface area contributed by atoms with E-state index >= 15 is 0 Å². The fourth-order valence-electron chi connectivity index (χ4n) is 4.01. The van der Waals surface area contributed by atoms with E-state index < -0.39 is 0 Å². The molecule has 130 valence electrons. The van der Waals surface area contributed by atoms with Crippen LogP contribution in [-0.2, 0) is 0 Å². The Morgan fingerprint density at radius 2 is 1.33 bits per heavy atom. The highest BCUT2D eigenvalue weighted by Crippen LogP contribution is 2.38. The molecule has 0 atom stereocenters. The van der Waals surface area contributed by atoms with Gasteiger partial charge in [0.2, 0.25) is 0 Å². The highest BCUT2D eigenvalue weighted by Gasteiger charge is 2.16. The predicted molar refractivity (Wildman–Crippen MR) is 116 cm³/mol. The lowest BCUT2D eigenvalue weighted by molar-refractivity contribution is 1.18. The Balaban J connectivity index is 1.95. The highest BCUT2D eigenvalue weighted by molar-refractivity contribution is 6.13. The van der Waals surface area contributed by atoms with Crippen LogP contribution in [0.4, 0.5) is 0 Å². The Morgan fingerprint density at radius 3 is 2.15 bits per heavy atom. The zero-order valence-corrected chi connectivity index (χ0v) is 15.6. The number of para-hydroxylation sites is 3. The van der Waals surface area contributed by atoms with Gasteiger partial charge in [-0.25, -0.2) is 0 Å². The van der Waals surface area contributed by atoms with Crippen molar-refractivity contribution in [3.63, 3.8) is 0 Å². The zero-order valence-electron chi connectivity index (χ0n) is 15.6.